The number of benzene rings is 2. The average molecular weight is 449 g/mol. The number of anilines is 1. The number of nitro groups is 1. The van der Waals surface area contributed by atoms with Gasteiger partial charge in [0.2, 0.25) is 10.0 Å². The lowest BCUT2D eigenvalue weighted by molar-refractivity contribution is -0.385. The van der Waals surface area contributed by atoms with Gasteiger partial charge in [-0.15, -0.1) is 0 Å². The molecule has 10 nitrogen and oxygen atoms in total. The lowest BCUT2D eigenvalue weighted by atomic mass is 10.1. The maximum absolute atomic E-state index is 12.4. The molecule has 0 aliphatic heterocycles. The third-order valence-electron chi connectivity index (χ3n) is 4.20. The van der Waals surface area contributed by atoms with Crippen LogP contribution in [0.3, 0.4) is 0 Å². The van der Waals surface area contributed by atoms with Gasteiger partial charge in [-0.1, -0.05) is 6.07 Å². The van der Waals surface area contributed by atoms with E-state index in [1.54, 1.807) is 13.8 Å². The molecule has 0 saturated carbocycles. The van der Waals surface area contributed by atoms with E-state index in [0.29, 0.717) is 5.69 Å². The molecular formula is C20H23N3O7S. The summed E-state index contributed by atoms with van der Waals surface area (Å²) < 4.78 is 31.9. The number of nitrogens with one attached hydrogen (secondary N) is 2. The van der Waals surface area contributed by atoms with Crippen molar-refractivity contribution in [2.45, 2.75) is 44.7 Å². The number of hydrogen-bond donors (Lipinski definition) is 2. The van der Waals surface area contributed by atoms with Crippen LogP contribution in [0.5, 0.6) is 0 Å². The SMILES string of the molecule is Cc1c(C(=O)OC(C)C(=O)Nc2ccc(S(=O)(=O)NC(C)C)cc2)cccc1[N+](=O)[O-]. The normalized spacial score (nSPS) is 12.3. The molecule has 0 aliphatic carbocycles. The first-order valence-electron chi connectivity index (χ1n) is 9.30. The molecule has 0 saturated heterocycles. The van der Waals surface area contributed by atoms with Crippen LogP contribution in [0.2, 0.25) is 0 Å². The zero-order valence-corrected chi connectivity index (χ0v) is 18.2. The van der Waals surface area contributed by atoms with Crippen molar-refractivity contribution in [3.05, 3.63) is 63.7 Å². The lowest BCUT2D eigenvalue weighted by Crippen LogP contribution is -2.31. The second-order valence-electron chi connectivity index (χ2n) is 7.04. The fourth-order valence-electron chi connectivity index (χ4n) is 2.66. The van der Waals surface area contributed by atoms with E-state index in [4.69, 9.17) is 4.74 Å². The fraction of sp³-hybridized carbons (Fsp3) is 0.300. The Hall–Kier alpha value is -3.31. The van der Waals surface area contributed by atoms with Crippen LogP contribution >= 0.6 is 0 Å². The number of rotatable bonds is 8. The molecule has 0 fully saturated rings. The van der Waals surface area contributed by atoms with E-state index in [1.165, 1.54) is 56.3 Å². The van der Waals surface area contributed by atoms with Gasteiger partial charge in [0.25, 0.3) is 11.6 Å². The summed E-state index contributed by atoms with van der Waals surface area (Å²) in [4.78, 5) is 35.1. The number of carbonyl (C=O) groups excluding carboxylic acids is 2. The van der Waals surface area contributed by atoms with Gasteiger partial charge in [-0.25, -0.2) is 17.9 Å². The summed E-state index contributed by atoms with van der Waals surface area (Å²) in [5.74, 6) is -1.52. The Balaban J connectivity index is 2.05. The van der Waals surface area contributed by atoms with Crippen LogP contribution in [-0.4, -0.2) is 37.4 Å². The van der Waals surface area contributed by atoms with Gasteiger partial charge in [-0.3, -0.25) is 14.9 Å². The Bertz CT molecular complexity index is 1100. The number of esters is 1. The van der Waals surface area contributed by atoms with Gasteiger partial charge in [0, 0.05) is 23.4 Å². The number of sulfonamides is 1. The Morgan fingerprint density at radius 2 is 1.68 bits per heavy atom. The van der Waals surface area contributed by atoms with E-state index in [9.17, 15) is 28.1 Å². The Morgan fingerprint density at radius 3 is 2.23 bits per heavy atom. The first-order chi connectivity index (χ1) is 14.4. The molecule has 0 spiro atoms. The third kappa shape index (κ3) is 6.09. The fourth-order valence-corrected chi connectivity index (χ4v) is 3.91. The summed E-state index contributed by atoms with van der Waals surface area (Å²) >= 11 is 0. The zero-order chi connectivity index (χ0) is 23.3. The quantitative estimate of drug-likeness (QED) is 0.358. The topological polar surface area (TPSA) is 145 Å². The Morgan fingerprint density at radius 1 is 1.06 bits per heavy atom. The molecule has 0 heterocycles. The van der Waals surface area contributed by atoms with Crippen molar-refractivity contribution in [1.82, 2.24) is 4.72 Å². The summed E-state index contributed by atoms with van der Waals surface area (Å²) in [6.07, 6.45) is -1.20. The van der Waals surface area contributed by atoms with E-state index in [0.717, 1.165) is 0 Å². The highest BCUT2D eigenvalue weighted by Gasteiger charge is 2.23. The van der Waals surface area contributed by atoms with Gasteiger partial charge in [-0.2, -0.15) is 0 Å². The van der Waals surface area contributed by atoms with Crippen LogP contribution in [0.25, 0.3) is 0 Å². The predicted octanol–water partition coefficient (Wildman–Crippen LogP) is 2.77. The van der Waals surface area contributed by atoms with Crippen LogP contribution in [0.15, 0.2) is 47.4 Å². The minimum atomic E-state index is -3.66. The van der Waals surface area contributed by atoms with Crippen molar-refractivity contribution in [2.24, 2.45) is 0 Å². The van der Waals surface area contributed by atoms with E-state index < -0.39 is 32.9 Å². The lowest BCUT2D eigenvalue weighted by Gasteiger charge is -2.15. The molecule has 1 amide bonds. The first kappa shape index (κ1) is 24.0. The molecule has 2 aromatic carbocycles. The second kappa shape index (κ2) is 9.67. The second-order valence-corrected chi connectivity index (χ2v) is 8.76. The summed E-state index contributed by atoms with van der Waals surface area (Å²) in [6, 6.07) is 9.22. The largest absolute Gasteiger partial charge is 0.449 e. The van der Waals surface area contributed by atoms with Crippen molar-refractivity contribution in [2.75, 3.05) is 5.32 Å². The van der Waals surface area contributed by atoms with Gasteiger partial charge in [0.1, 0.15) is 0 Å². The third-order valence-corrected chi connectivity index (χ3v) is 5.87. The van der Waals surface area contributed by atoms with Crippen LogP contribution in [0, 0.1) is 17.0 Å². The van der Waals surface area contributed by atoms with Crippen molar-refractivity contribution >= 4 is 33.3 Å². The zero-order valence-electron chi connectivity index (χ0n) is 17.4. The van der Waals surface area contributed by atoms with Crippen LogP contribution < -0.4 is 10.0 Å². The molecular weight excluding hydrogens is 426 g/mol. The number of nitrogens with zero attached hydrogens (tertiary/aromatic N) is 1. The molecule has 166 valence electrons. The van der Waals surface area contributed by atoms with Crippen LogP contribution in [0.4, 0.5) is 11.4 Å². The van der Waals surface area contributed by atoms with Crippen LogP contribution in [0.1, 0.15) is 36.7 Å². The van der Waals surface area contributed by atoms with Crippen molar-refractivity contribution < 1.29 is 27.7 Å². The Labute approximate surface area is 179 Å². The summed E-state index contributed by atoms with van der Waals surface area (Å²) in [6.45, 7) is 6.17. The van der Waals surface area contributed by atoms with Crippen LogP contribution in [-0.2, 0) is 19.6 Å². The molecule has 2 aromatic rings. The monoisotopic (exact) mass is 449 g/mol. The van der Waals surface area contributed by atoms with Gasteiger partial charge in [-0.05, 0) is 58.0 Å². The molecule has 0 aliphatic rings. The van der Waals surface area contributed by atoms with Gasteiger partial charge < -0.3 is 10.1 Å². The molecule has 2 rings (SSSR count). The molecule has 1 unspecified atom stereocenters. The molecule has 0 aromatic heterocycles. The minimum Gasteiger partial charge on any atom is -0.449 e. The maximum Gasteiger partial charge on any atom is 0.339 e. The number of ether oxygens (including phenoxy) is 1. The first-order valence-corrected chi connectivity index (χ1v) is 10.8. The molecule has 0 bridgehead atoms. The maximum atomic E-state index is 12.4. The number of carbonyl (C=O) groups is 2. The summed E-state index contributed by atoms with van der Waals surface area (Å²) in [7, 11) is -3.66. The minimum absolute atomic E-state index is 0.0129. The highest BCUT2D eigenvalue weighted by molar-refractivity contribution is 7.89. The number of hydrogen-bond acceptors (Lipinski definition) is 7. The molecule has 31 heavy (non-hydrogen) atoms. The van der Waals surface area contributed by atoms with E-state index >= 15 is 0 Å². The number of amides is 1. The molecule has 11 heteroatoms. The highest BCUT2D eigenvalue weighted by atomic mass is 32.2. The average Bonchev–Trinajstić information content (AvgIpc) is 2.67. The molecule has 0 radical (unpaired) electrons. The van der Waals surface area contributed by atoms with E-state index in [-0.39, 0.29) is 27.8 Å². The highest BCUT2D eigenvalue weighted by Crippen LogP contribution is 2.22. The van der Waals surface area contributed by atoms with Gasteiger partial charge in [0.05, 0.1) is 15.4 Å². The number of nitro benzene ring substituents is 1. The van der Waals surface area contributed by atoms with Gasteiger partial charge >= 0.3 is 5.97 Å². The van der Waals surface area contributed by atoms with E-state index in [1.807, 2.05) is 0 Å². The van der Waals surface area contributed by atoms with Gasteiger partial charge in [0.15, 0.2) is 6.10 Å². The van der Waals surface area contributed by atoms with Crippen molar-refractivity contribution in [3.63, 3.8) is 0 Å². The molecule has 1 atom stereocenters. The standard InChI is InChI=1S/C20H23N3O7S/c1-12(2)22-31(28,29)16-10-8-15(9-11-16)21-19(24)14(4)30-20(25)17-6-5-7-18(13(17)3)23(26)27/h5-12,14,22H,1-4H3,(H,21,24). The smallest absolute Gasteiger partial charge is 0.339 e. The summed E-state index contributed by atoms with van der Waals surface area (Å²) in [5, 5.41) is 13.5. The Kier molecular flexibility index (Phi) is 7.47. The van der Waals surface area contributed by atoms with Crippen molar-refractivity contribution in [3.8, 4) is 0 Å². The predicted molar refractivity (Wildman–Crippen MR) is 113 cm³/mol. The molecule has 2 N–H and O–H groups in total. The van der Waals surface area contributed by atoms with E-state index in [2.05, 4.69) is 10.0 Å². The van der Waals surface area contributed by atoms with Crippen molar-refractivity contribution in [1.29, 1.82) is 0 Å². The summed E-state index contributed by atoms with van der Waals surface area (Å²) in [5.41, 5.74) is 0.203.